The number of carbonyl (C=O) groups excluding carboxylic acids is 2. The number of anilines is 1. The van der Waals surface area contributed by atoms with Crippen LogP contribution < -0.4 is 15.5 Å². The first-order chi connectivity index (χ1) is 12.9. The van der Waals surface area contributed by atoms with E-state index >= 15 is 0 Å². The summed E-state index contributed by atoms with van der Waals surface area (Å²) >= 11 is 0. The van der Waals surface area contributed by atoms with Gasteiger partial charge in [-0.25, -0.2) is 4.99 Å². The normalized spacial score (nSPS) is 15.1. The van der Waals surface area contributed by atoms with Crippen molar-refractivity contribution in [2.45, 2.75) is 45.7 Å². The van der Waals surface area contributed by atoms with Crippen LogP contribution in [0.3, 0.4) is 0 Å². The highest BCUT2D eigenvalue weighted by atomic mass is 127. The molecular formula is C20H32IN5O2. The van der Waals surface area contributed by atoms with Crippen LogP contribution in [0.2, 0.25) is 0 Å². The van der Waals surface area contributed by atoms with E-state index in [9.17, 15) is 9.59 Å². The summed E-state index contributed by atoms with van der Waals surface area (Å²) in [5, 5.41) is 6.40. The van der Waals surface area contributed by atoms with E-state index in [-0.39, 0.29) is 48.4 Å². The molecule has 2 rings (SSSR count). The van der Waals surface area contributed by atoms with Gasteiger partial charge >= 0.3 is 0 Å². The molecule has 0 bridgehead atoms. The molecule has 2 N–H and O–H groups in total. The summed E-state index contributed by atoms with van der Waals surface area (Å²) in [6, 6.07) is 8.19. The fourth-order valence-electron chi connectivity index (χ4n) is 2.68. The molecule has 156 valence electrons. The second-order valence-electron chi connectivity index (χ2n) is 7.08. The maximum absolute atomic E-state index is 11.8. The highest BCUT2D eigenvalue weighted by Gasteiger charge is 2.21. The Morgan fingerprint density at radius 1 is 1.29 bits per heavy atom. The summed E-state index contributed by atoms with van der Waals surface area (Å²) in [6.07, 6.45) is 2.52. The third-order valence-electron chi connectivity index (χ3n) is 4.64. The first-order valence-corrected chi connectivity index (χ1v) is 9.55. The second-order valence-corrected chi connectivity index (χ2v) is 7.08. The fourth-order valence-corrected chi connectivity index (χ4v) is 2.68. The molecule has 0 saturated carbocycles. The Hall–Kier alpha value is -1.84. The molecule has 0 radical (unpaired) electrons. The lowest BCUT2D eigenvalue weighted by Crippen LogP contribution is -2.45. The number of hydrogen-bond donors (Lipinski definition) is 2. The van der Waals surface area contributed by atoms with Gasteiger partial charge in [0.2, 0.25) is 11.8 Å². The van der Waals surface area contributed by atoms with Gasteiger partial charge in [-0.2, -0.15) is 0 Å². The van der Waals surface area contributed by atoms with Crippen molar-refractivity contribution in [3.63, 3.8) is 0 Å². The lowest BCUT2D eigenvalue weighted by Gasteiger charge is -2.18. The molecule has 1 aliphatic rings. The molecule has 1 unspecified atom stereocenters. The summed E-state index contributed by atoms with van der Waals surface area (Å²) < 4.78 is 0. The first-order valence-electron chi connectivity index (χ1n) is 9.55. The van der Waals surface area contributed by atoms with E-state index in [1.54, 1.807) is 19.0 Å². The molecule has 8 heteroatoms. The molecule has 0 spiro atoms. The van der Waals surface area contributed by atoms with Gasteiger partial charge in [0.15, 0.2) is 5.96 Å². The molecule has 1 heterocycles. The summed E-state index contributed by atoms with van der Waals surface area (Å²) in [6.45, 7) is 5.66. The Morgan fingerprint density at radius 2 is 1.96 bits per heavy atom. The number of nitrogens with one attached hydrogen (secondary N) is 2. The average Bonchev–Trinajstić information content (AvgIpc) is 3.09. The molecule has 0 aliphatic carbocycles. The van der Waals surface area contributed by atoms with Crippen molar-refractivity contribution >= 4 is 47.4 Å². The summed E-state index contributed by atoms with van der Waals surface area (Å²) in [4.78, 5) is 31.6. The number of aliphatic imine (C=N–C) groups is 1. The van der Waals surface area contributed by atoms with E-state index < -0.39 is 0 Å². The van der Waals surface area contributed by atoms with Crippen LogP contribution in [-0.4, -0.2) is 55.9 Å². The number of carbonyl (C=O) groups is 2. The molecule has 1 fully saturated rings. The number of rotatable bonds is 7. The van der Waals surface area contributed by atoms with E-state index in [0.717, 1.165) is 30.6 Å². The van der Waals surface area contributed by atoms with Gasteiger partial charge in [-0.05, 0) is 37.5 Å². The van der Waals surface area contributed by atoms with Crippen LogP contribution in [0.4, 0.5) is 5.69 Å². The molecule has 1 saturated heterocycles. The van der Waals surface area contributed by atoms with Crippen molar-refractivity contribution in [3.05, 3.63) is 29.8 Å². The largest absolute Gasteiger partial charge is 0.354 e. The molecule has 0 aromatic heterocycles. The predicted molar refractivity (Wildman–Crippen MR) is 124 cm³/mol. The van der Waals surface area contributed by atoms with Crippen LogP contribution in [0.15, 0.2) is 29.3 Å². The molecule has 1 aromatic carbocycles. The molecule has 28 heavy (non-hydrogen) atoms. The SMILES string of the molecule is CCC(C)NC(=NCc1ccc(N2CCCC2=O)cc1)NCC(=O)N(C)C.I. The van der Waals surface area contributed by atoms with Gasteiger partial charge in [-0.3, -0.25) is 9.59 Å². The predicted octanol–water partition coefficient (Wildman–Crippen LogP) is 2.35. The molecule has 7 nitrogen and oxygen atoms in total. The number of benzene rings is 1. The molecule has 2 amide bonds. The van der Waals surface area contributed by atoms with Crippen LogP contribution in [0.5, 0.6) is 0 Å². The van der Waals surface area contributed by atoms with Crippen LogP contribution in [0.1, 0.15) is 38.7 Å². The van der Waals surface area contributed by atoms with Gasteiger partial charge in [-0.1, -0.05) is 19.1 Å². The van der Waals surface area contributed by atoms with Gasteiger partial charge in [-0.15, -0.1) is 24.0 Å². The van der Waals surface area contributed by atoms with Crippen molar-refractivity contribution < 1.29 is 9.59 Å². The lowest BCUT2D eigenvalue weighted by molar-refractivity contribution is -0.127. The minimum Gasteiger partial charge on any atom is -0.354 e. The van der Waals surface area contributed by atoms with Gasteiger partial charge < -0.3 is 20.4 Å². The number of likely N-dealkylation sites (N-methyl/N-ethyl adjacent to an activating group) is 1. The van der Waals surface area contributed by atoms with Crippen LogP contribution in [0, 0.1) is 0 Å². The topological polar surface area (TPSA) is 77.0 Å². The Labute approximate surface area is 185 Å². The van der Waals surface area contributed by atoms with Gasteiger partial charge in [0.1, 0.15) is 0 Å². The molecular weight excluding hydrogens is 469 g/mol. The number of guanidine groups is 1. The maximum Gasteiger partial charge on any atom is 0.241 e. The molecule has 1 aliphatic heterocycles. The highest BCUT2D eigenvalue weighted by molar-refractivity contribution is 14.0. The summed E-state index contributed by atoms with van der Waals surface area (Å²) in [7, 11) is 3.46. The van der Waals surface area contributed by atoms with Gasteiger partial charge in [0.25, 0.3) is 0 Å². The zero-order valence-electron chi connectivity index (χ0n) is 17.2. The molecule has 1 aromatic rings. The minimum absolute atomic E-state index is 0. The van der Waals surface area contributed by atoms with Crippen LogP contribution >= 0.6 is 24.0 Å². The summed E-state index contributed by atoms with van der Waals surface area (Å²) in [5.74, 6) is 0.808. The van der Waals surface area contributed by atoms with E-state index in [4.69, 9.17) is 0 Å². The monoisotopic (exact) mass is 501 g/mol. The minimum atomic E-state index is -0.00622. The maximum atomic E-state index is 11.8. The summed E-state index contributed by atoms with van der Waals surface area (Å²) in [5.41, 5.74) is 1.99. The quantitative estimate of drug-likeness (QED) is 0.342. The fraction of sp³-hybridized carbons (Fsp3) is 0.550. The van der Waals surface area contributed by atoms with Crippen LogP contribution in [0.25, 0.3) is 0 Å². The second kappa shape index (κ2) is 11.9. The third kappa shape index (κ3) is 7.29. The van der Waals surface area contributed by atoms with Crippen molar-refractivity contribution in [1.82, 2.24) is 15.5 Å². The van der Waals surface area contributed by atoms with Gasteiger partial charge in [0.05, 0.1) is 13.1 Å². The van der Waals surface area contributed by atoms with Gasteiger partial charge in [0, 0.05) is 38.8 Å². The Morgan fingerprint density at radius 3 is 2.50 bits per heavy atom. The van der Waals surface area contributed by atoms with Crippen molar-refractivity contribution in [2.24, 2.45) is 4.99 Å². The van der Waals surface area contributed by atoms with Crippen molar-refractivity contribution in [1.29, 1.82) is 0 Å². The van der Waals surface area contributed by atoms with Crippen molar-refractivity contribution in [2.75, 3.05) is 32.1 Å². The Balaban J connectivity index is 0.00000392. The standard InChI is InChI=1S/C20H31N5O2.HI/c1-5-15(2)23-20(22-14-19(27)24(3)4)21-13-16-8-10-17(11-9-16)25-12-6-7-18(25)26;/h8-11,15H,5-7,12-14H2,1-4H3,(H2,21,22,23);1H. The lowest BCUT2D eigenvalue weighted by atomic mass is 10.2. The first kappa shape index (κ1) is 24.2. The number of halogens is 1. The highest BCUT2D eigenvalue weighted by Crippen LogP contribution is 2.21. The number of hydrogen-bond acceptors (Lipinski definition) is 3. The van der Waals surface area contributed by atoms with E-state index in [1.165, 1.54) is 0 Å². The molecule has 1 atom stereocenters. The van der Waals surface area contributed by atoms with Crippen LogP contribution in [-0.2, 0) is 16.1 Å². The van der Waals surface area contributed by atoms with E-state index in [1.807, 2.05) is 29.2 Å². The average molecular weight is 501 g/mol. The third-order valence-corrected chi connectivity index (χ3v) is 4.64. The zero-order chi connectivity index (χ0) is 19.8. The Bertz CT molecular complexity index is 676. The van der Waals surface area contributed by atoms with E-state index in [0.29, 0.717) is 18.9 Å². The van der Waals surface area contributed by atoms with E-state index in [2.05, 4.69) is 29.5 Å². The smallest absolute Gasteiger partial charge is 0.241 e. The number of nitrogens with zero attached hydrogens (tertiary/aromatic N) is 3. The zero-order valence-corrected chi connectivity index (χ0v) is 19.5. The Kier molecular flexibility index (Phi) is 10.3. The number of amides is 2. The van der Waals surface area contributed by atoms with Crippen molar-refractivity contribution in [3.8, 4) is 0 Å².